The number of carbonyl (C=O) groups is 5. The molecular formula is C20H16Cl2N4O5. The van der Waals surface area contributed by atoms with E-state index in [1.54, 1.807) is 0 Å². The fourth-order valence-corrected chi connectivity index (χ4v) is 3.30. The molecule has 0 bridgehead atoms. The van der Waals surface area contributed by atoms with Crippen molar-refractivity contribution in [2.45, 2.75) is 13.0 Å². The molecule has 0 aliphatic carbocycles. The number of benzene rings is 2. The average Bonchev–Trinajstić information content (AvgIpc) is 2.95. The summed E-state index contributed by atoms with van der Waals surface area (Å²) < 4.78 is 0. The number of rotatable bonds is 6. The number of anilines is 1. The Kier molecular flexibility index (Phi) is 6.28. The van der Waals surface area contributed by atoms with Gasteiger partial charge >= 0.3 is 0 Å². The van der Waals surface area contributed by atoms with Crippen molar-refractivity contribution in [1.29, 1.82) is 0 Å². The lowest BCUT2D eigenvalue weighted by Crippen LogP contribution is -2.45. The maximum Gasteiger partial charge on any atom is 0.262 e. The second-order valence-corrected chi connectivity index (χ2v) is 7.50. The van der Waals surface area contributed by atoms with E-state index in [1.807, 2.05) is 0 Å². The van der Waals surface area contributed by atoms with Crippen LogP contribution in [0.2, 0.25) is 10.0 Å². The van der Waals surface area contributed by atoms with Crippen LogP contribution in [0.3, 0.4) is 0 Å². The average molecular weight is 463 g/mol. The van der Waals surface area contributed by atoms with Gasteiger partial charge in [0.05, 0.1) is 27.7 Å². The molecule has 1 atom stereocenters. The number of nitrogens with zero attached hydrogens (tertiary/aromatic N) is 1. The number of amides is 5. The molecule has 0 saturated heterocycles. The Hall–Kier alpha value is -3.43. The molecule has 5 amide bonds. The zero-order valence-electron chi connectivity index (χ0n) is 16.1. The number of hydrogen-bond acceptors (Lipinski definition) is 5. The third kappa shape index (κ3) is 4.52. The van der Waals surface area contributed by atoms with Crippen LogP contribution >= 0.6 is 23.2 Å². The number of carbonyl (C=O) groups excluding carboxylic acids is 5. The Morgan fingerprint density at radius 2 is 1.61 bits per heavy atom. The number of nitrogens with one attached hydrogen (secondary N) is 2. The number of primary amides is 1. The van der Waals surface area contributed by atoms with Gasteiger partial charge < -0.3 is 16.4 Å². The van der Waals surface area contributed by atoms with E-state index < -0.39 is 35.6 Å². The minimum atomic E-state index is -1.16. The normalized spacial score (nSPS) is 13.6. The van der Waals surface area contributed by atoms with Gasteiger partial charge in [0.2, 0.25) is 11.8 Å². The van der Waals surface area contributed by atoms with Crippen molar-refractivity contribution in [2.24, 2.45) is 5.73 Å². The Morgan fingerprint density at radius 3 is 2.16 bits per heavy atom. The molecule has 31 heavy (non-hydrogen) atoms. The van der Waals surface area contributed by atoms with E-state index in [2.05, 4.69) is 10.6 Å². The first kappa shape index (κ1) is 22.3. The first-order valence-corrected chi connectivity index (χ1v) is 9.70. The third-order valence-electron chi connectivity index (χ3n) is 4.54. The van der Waals surface area contributed by atoms with Crippen molar-refractivity contribution in [3.8, 4) is 0 Å². The maximum absolute atomic E-state index is 12.7. The highest BCUT2D eigenvalue weighted by atomic mass is 35.5. The highest BCUT2D eigenvalue weighted by molar-refractivity contribution is 6.43. The van der Waals surface area contributed by atoms with Crippen LogP contribution in [0.1, 0.15) is 38.0 Å². The largest absolute Gasteiger partial charge is 0.368 e. The summed E-state index contributed by atoms with van der Waals surface area (Å²) in [6.07, 6.45) is 0. The Labute approximate surface area is 186 Å². The number of hydrogen-bond donors (Lipinski definition) is 3. The maximum atomic E-state index is 12.7. The minimum absolute atomic E-state index is 0.0622. The Balaban J connectivity index is 1.75. The quantitative estimate of drug-likeness (QED) is 0.561. The van der Waals surface area contributed by atoms with Gasteiger partial charge in [-0.2, -0.15) is 0 Å². The summed E-state index contributed by atoms with van der Waals surface area (Å²) in [7, 11) is 0. The minimum Gasteiger partial charge on any atom is -0.368 e. The van der Waals surface area contributed by atoms with E-state index in [9.17, 15) is 24.0 Å². The molecule has 11 heteroatoms. The number of halogens is 2. The molecule has 9 nitrogen and oxygen atoms in total. The Morgan fingerprint density at radius 1 is 1.03 bits per heavy atom. The first-order chi connectivity index (χ1) is 14.6. The van der Waals surface area contributed by atoms with Crippen LogP contribution in [0.4, 0.5) is 5.69 Å². The zero-order valence-corrected chi connectivity index (χ0v) is 17.6. The zero-order chi connectivity index (χ0) is 22.9. The predicted octanol–water partition coefficient (Wildman–Crippen LogP) is 1.83. The predicted molar refractivity (Wildman–Crippen MR) is 113 cm³/mol. The lowest BCUT2D eigenvalue weighted by Gasteiger charge is -2.21. The van der Waals surface area contributed by atoms with Crippen LogP contribution in [0.25, 0.3) is 0 Å². The molecule has 3 rings (SSSR count). The van der Waals surface area contributed by atoms with Crippen molar-refractivity contribution in [3.05, 3.63) is 63.1 Å². The molecule has 0 fully saturated rings. The van der Waals surface area contributed by atoms with E-state index in [0.29, 0.717) is 0 Å². The fourth-order valence-electron chi connectivity index (χ4n) is 2.98. The van der Waals surface area contributed by atoms with E-state index in [-0.39, 0.29) is 39.0 Å². The van der Waals surface area contributed by atoms with E-state index in [0.717, 1.165) is 4.90 Å². The number of nitrogens with two attached hydrogens (primary N) is 1. The van der Waals surface area contributed by atoms with Gasteiger partial charge in [-0.15, -0.1) is 0 Å². The van der Waals surface area contributed by atoms with Crippen molar-refractivity contribution in [3.63, 3.8) is 0 Å². The molecule has 0 radical (unpaired) electrons. The van der Waals surface area contributed by atoms with Gasteiger partial charge in [-0.3, -0.25) is 28.9 Å². The number of imide groups is 1. The summed E-state index contributed by atoms with van der Waals surface area (Å²) in [6, 6.07) is 7.33. The third-order valence-corrected chi connectivity index (χ3v) is 5.26. The van der Waals surface area contributed by atoms with Crippen molar-refractivity contribution < 1.29 is 24.0 Å². The van der Waals surface area contributed by atoms with Gasteiger partial charge in [0.15, 0.2) is 0 Å². The SMILES string of the molecule is CC(C(=O)Nc1cccc(C(=O)NCC(N)=O)c1)N1C(=O)c2cc(Cl)c(Cl)cc2C1=O. The molecule has 1 aliphatic rings. The Bertz CT molecular complexity index is 1090. The molecule has 160 valence electrons. The molecule has 1 unspecified atom stereocenters. The van der Waals surface area contributed by atoms with E-state index in [4.69, 9.17) is 28.9 Å². The van der Waals surface area contributed by atoms with Gasteiger partial charge in [-0.05, 0) is 37.3 Å². The highest BCUT2D eigenvalue weighted by Gasteiger charge is 2.41. The van der Waals surface area contributed by atoms with E-state index in [1.165, 1.54) is 43.3 Å². The van der Waals surface area contributed by atoms with Gasteiger partial charge in [0.1, 0.15) is 6.04 Å². The van der Waals surface area contributed by atoms with Gasteiger partial charge in [-0.25, -0.2) is 0 Å². The van der Waals surface area contributed by atoms with E-state index >= 15 is 0 Å². The van der Waals surface area contributed by atoms with Crippen LogP contribution in [0.15, 0.2) is 36.4 Å². The molecule has 1 aliphatic heterocycles. The second kappa shape index (κ2) is 8.75. The lowest BCUT2D eigenvalue weighted by molar-refractivity contribution is -0.119. The molecule has 2 aromatic rings. The molecule has 1 heterocycles. The highest BCUT2D eigenvalue weighted by Crippen LogP contribution is 2.32. The smallest absolute Gasteiger partial charge is 0.262 e. The first-order valence-electron chi connectivity index (χ1n) is 8.94. The summed E-state index contributed by atoms with van der Waals surface area (Å²) in [6.45, 7) is 1.06. The van der Waals surface area contributed by atoms with Gasteiger partial charge in [0, 0.05) is 11.3 Å². The molecule has 0 aromatic heterocycles. The van der Waals surface area contributed by atoms with Crippen LogP contribution in [0, 0.1) is 0 Å². The van der Waals surface area contributed by atoms with Crippen LogP contribution in [0.5, 0.6) is 0 Å². The topological polar surface area (TPSA) is 139 Å². The lowest BCUT2D eigenvalue weighted by atomic mass is 10.1. The molecule has 4 N–H and O–H groups in total. The van der Waals surface area contributed by atoms with Gasteiger partial charge in [0.25, 0.3) is 17.7 Å². The fraction of sp³-hybridized carbons (Fsp3) is 0.150. The molecule has 2 aromatic carbocycles. The monoisotopic (exact) mass is 462 g/mol. The molecule has 0 spiro atoms. The summed E-state index contributed by atoms with van der Waals surface area (Å²) in [4.78, 5) is 61.7. The summed E-state index contributed by atoms with van der Waals surface area (Å²) in [5, 5.41) is 5.13. The van der Waals surface area contributed by atoms with Crippen molar-refractivity contribution in [2.75, 3.05) is 11.9 Å². The standard InChI is InChI=1S/C20H16Cl2N4O5/c1-9(26-19(30)12-6-14(21)15(22)7-13(12)20(26)31)17(28)25-11-4-2-3-10(5-11)18(29)24-8-16(23)27/h2-7,9H,8H2,1H3,(H2,23,27)(H,24,29)(H,25,28). The van der Waals surface area contributed by atoms with Crippen LogP contribution in [-0.4, -0.2) is 47.0 Å². The summed E-state index contributed by atoms with van der Waals surface area (Å²) in [5.74, 6) is -3.24. The van der Waals surface area contributed by atoms with Crippen LogP contribution in [-0.2, 0) is 9.59 Å². The van der Waals surface area contributed by atoms with Crippen molar-refractivity contribution in [1.82, 2.24) is 10.2 Å². The second-order valence-electron chi connectivity index (χ2n) is 6.69. The molecular weight excluding hydrogens is 447 g/mol. The van der Waals surface area contributed by atoms with Gasteiger partial charge in [-0.1, -0.05) is 29.3 Å². The molecule has 0 saturated carbocycles. The number of fused-ring (bicyclic) bond motifs is 1. The van der Waals surface area contributed by atoms with Crippen molar-refractivity contribution >= 4 is 58.4 Å². The summed E-state index contributed by atoms with van der Waals surface area (Å²) >= 11 is 11.9. The summed E-state index contributed by atoms with van der Waals surface area (Å²) in [5.41, 5.74) is 5.55. The van der Waals surface area contributed by atoms with Crippen LogP contribution < -0.4 is 16.4 Å².